The first kappa shape index (κ1) is 14.0. The lowest BCUT2D eigenvalue weighted by molar-refractivity contribution is -0.120. The summed E-state index contributed by atoms with van der Waals surface area (Å²) < 4.78 is 0. The fourth-order valence-electron chi connectivity index (χ4n) is 1.42. The lowest BCUT2D eigenvalue weighted by Crippen LogP contribution is -2.19. The molecule has 18 heavy (non-hydrogen) atoms. The van der Waals surface area contributed by atoms with Crippen molar-refractivity contribution in [1.82, 2.24) is 5.32 Å². The highest BCUT2D eigenvalue weighted by atomic mass is 16.2. The fraction of sp³-hybridized carbons (Fsp3) is 0.286. The van der Waals surface area contributed by atoms with Crippen LogP contribution in [0.25, 0.3) is 0 Å². The van der Waals surface area contributed by atoms with Gasteiger partial charge in [-0.3, -0.25) is 9.59 Å². The number of allylic oxidation sites excluding steroid dienone is 1. The van der Waals surface area contributed by atoms with E-state index in [4.69, 9.17) is 0 Å². The predicted molar refractivity (Wildman–Crippen MR) is 72.3 cm³/mol. The molecule has 96 valence electrons. The second-order valence-corrected chi connectivity index (χ2v) is 4.26. The Bertz CT molecular complexity index is 457. The third kappa shape index (κ3) is 4.82. The standard InChI is InChI=1S/C14H18N2O2/c1-10(2)8-14(18)16-12-6-4-11(5-7-12)9-13(17)15-3/h4-8H,9H2,1-3H3,(H,15,17)(H,16,18). The molecule has 0 spiro atoms. The molecule has 1 rings (SSSR count). The maximum absolute atomic E-state index is 11.5. The molecule has 0 unspecified atom stereocenters. The van der Waals surface area contributed by atoms with Crippen LogP contribution >= 0.6 is 0 Å². The van der Waals surface area contributed by atoms with Crippen LogP contribution in [0.3, 0.4) is 0 Å². The number of likely N-dealkylation sites (N-methyl/N-ethyl adjacent to an activating group) is 1. The molecule has 0 atom stereocenters. The molecule has 1 aromatic rings. The third-order valence-corrected chi connectivity index (χ3v) is 2.28. The minimum absolute atomic E-state index is 0.0312. The molecule has 0 fully saturated rings. The van der Waals surface area contributed by atoms with Gasteiger partial charge in [-0.05, 0) is 31.5 Å². The van der Waals surface area contributed by atoms with Gasteiger partial charge in [0.2, 0.25) is 11.8 Å². The van der Waals surface area contributed by atoms with E-state index in [1.54, 1.807) is 25.3 Å². The van der Waals surface area contributed by atoms with E-state index in [0.29, 0.717) is 6.42 Å². The summed E-state index contributed by atoms with van der Waals surface area (Å²) in [7, 11) is 1.61. The zero-order chi connectivity index (χ0) is 13.5. The second-order valence-electron chi connectivity index (χ2n) is 4.26. The average molecular weight is 246 g/mol. The van der Waals surface area contributed by atoms with Gasteiger partial charge in [0.05, 0.1) is 6.42 Å². The van der Waals surface area contributed by atoms with Crippen LogP contribution in [0.15, 0.2) is 35.9 Å². The molecule has 0 aliphatic heterocycles. The topological polar surface area (TPSA) is 58.2 Å². The predicted octanol–water partition coefficient (Wildman–Crippen LogP) is 1.88. The van der Waals surface area contributed by atoms with Crippen LogP contribution < -0.4 is 10.6 Å². The quantitative estimate of drug-likeness (QED) is 0.797. The first-order valence-electron chi connectivity index (χ1n) is 5.76. The van der Waals surface area contributed by atoms with Crippen LogP contribution in [0.1, 0.15) is 19.4 Å². The molecule has 0 radical (unpaired) electrons. The average Bonchev–Trinajstić information content (AvgIpc) is 2.30. The Labute approximate surface area is 107 Å². The molecule has 0 saturated carbocycles. The number of hydrogen-bond acceptors (Lipinski definition) is 2. The van der Waals surface area contributed by atoms with Crippen molar-refractivity contribution in [1.29, 1.82) is 0 Å². The molecular weight excluding hydrogens is 228 g/mol. The van der Waals surface area contributed by atoms with Gasteiger partial charge in [0.1, 0.15) is 0 Å². The molecule has 0 heterocycles. The van der Waals surface area contributed by atoms with Crippen molar-refractivity contribution < 1.29 is 9.59 Å². The van der Waals surface area contributed by atoms with Crippen molar-refractivity contribution in [3.05, 3.63) is 41.5 Å². The molecule has 0 bridgehead atoms. The fourth-order valence-corrected chi connectivity index (χ4v) is 1.42. The van der Waals surface area contributed by atoms with Crippen LogP contribution in [-0.4, -0.2) is 18.9 Å². The van der Waals surface area contributed by atoms with Gasteiger partial charge in [0, 0.05) is 18.8 Å². The van der Waals surface area contributed by atoms with Gasteiger partial charge < -0.3 is 10.6 Å². The summed E-state index contributed by atoms with van der Waals surface area (Å²) in [5.41, 5.74) is 2.58. The minimum atomic E-state index is -0.144. The van der Waals surface area contributed by atoms with Crippen LogP contribution in [0.4, 0.5) is 5.69 Å². The van der Waals surface area contributed by atoms with Gasteiger partial charge in [-0.25, -0.2) is 0 Å². The number of rotatable bonds is 4. The molecule has 0 aromatic heterocycles. The zero-order valence-electron chi connectivity index (χ0n) is 10.9. The largest absolute Gasteiger partial charge is 0.359 e. The first-order chi connectivity index (χ1) is 8.51. The van der Waals surface area contributed by atoms with E-state index in [2.05, 4.69) is 10.6 Å². The summed E-state index contributed by atoms with van der Waals surface area (Å²) in [4.78, 5) is 22.7. The molecular formula is C14H18N2O2. The van der Waals surface area contributed by atoms with Crippen molar-refractivity contribution in [3.63, 3.8) is 0 Å². The van der Waals surface area contributed by atoms with Crippen molar-refractivity contribution in [2.75, 3.05) is 12.4 Å². The second kappa shape index (κ2) is 6.59. The molecule has 0 aliphatic carbocycles. The summed E-state index contributed by atoms with van der Waals surface area (Å²) in [6, 6.07) is 7.23. The summed E-state index contributed by atoms with van der Waals surface area (Å²) in [5, 5.41) is 5.32. The summed E-state index contributed by atoms with van der Waals surface area (Å²) in [6.07, 6.45) is 1.89. The van der Waals surface area contributed by atoms with E-state index in [9.17, 15) is 9.59 Å². The van der Waals surface area contributed by atoms with E-state index in [1.165, 1.54) is 0 Å². The number of nitrogens with one attached hydrogen (secondary N) is 2. The molecule has 0 saturated heterocycles. The van der Waals surface area contributed by atoms with Gasteiger partial charge in [-0.1, -0.05) is 17.7 Å². The Morgan fingerprint density at radius 2 is 1.78 bits per heavy atom. The highest BCUT2D eigenvalue weighted by Gasteiger charge is 2.02. The molecule has 4 nitrogen and oxygen atoms in total. The SMILES string of the molecule is CNC(=O)Cc1ccc(NC(=O)C=C(C)C)cc1. The Balaban J connectivity index is 2.63. The van der Waals surface area contributed by atoms with Crippen molar-refractivity contribution in [2.45, 2.75) is 20.3 Å². The smallest absolute Gasteiger partial charge is 0.248 e. The summed E-state index contributed by atoms with van der Waals surface area (Å²) >= 11 is 0. The number of carbonyl (C=O) groups excluding carboxylic acids is 2. The lowest BCUT2D eigenvalue weighted by Gasteiger charge is -2.04. The normalized spacial score (nSPS) is 9.50. The van der Waals surface area contributed by atoms with Gasteiger partial charge >= 0.3 is 0 Å². The van der Waals surface area contributed by atoms with Crippen LogP contribution in [-0.2, 0) is 16.0 Å². The first-order valence-corrected chi connectivity index (χ1v) is 5.76. The minimum Gasteiger partial charge on any atom is -0.359 e. The van der Waals surface area contributed by atoms with E-state index in [-0.39, 0.29) is 11.8 Å². The summed E-state index contributed by atoms with van der Waals surface area (Å²) in [5.74, 6) is -0.176. The monoisotopic (exact) mass is 246 g/mol. The van der Waals surface area contributed by atoms with E-state index in [0.717, 1.165) is 16.8 Å². The van der Waals surface area contributed by atoms with E-state index in [1.807, 2.05) is 26.0 Å². The number of hydrogen-bond donors (Lipinski definition) is 2. The highest BCUT2D eigenvalue weighted by Crippen LogP contribution is 2.10. The molecule has 2 N–H and O–H groups in total. The molecule has 4 heteroatoms. The van der Waals surface area contributed by atoms with Gasteiger partial charge in [-0.15, -0.1) is 0 Å². The maximum atomic E-state index is 11.5. The lowest BCUT2D eigenvalue weighted by atomic mass is 10.1. The number of carbonyl (C=O) groups is 2. The Hall–Kier alpha value is -2.10. The Morgan fingerprint density at radius 3 is 2.28 bits per heavy atom. The molecule has 1 aromatic carbocycles. The van der Waals surface area contributed by atoms with Gasteiger partial charge in [0.25, 0.3) is 0 Å². The third-order valence-electron chi connectivity index (χ3n) is 2.28. The molecule has 2 amide bonds. The van der Waals surface area contributed by atoms with E-state index < -0.39 is 0 Å². The number of anilines is 1. The van der Waals surface area contributed by atoms with E-state index >= 15 is 0 Å². The highest BCUT2D eigenvalue weighted by molar-refractivity contribution is 5.99. The number of benzene rings is 1. The number of amides is 2. The van der Waals surface area contributed by atoms with Crippen molar-refractivity contribution in [2.24, 2.45) is 0 Å². The van der Waals surface area contributed by atoms with Crippen molar-refractivity contribution in [3.8, 4) is 0 Å². The van der Waals surface area contributed by atoms with Crippen LogP contribution in [0.2, 0.25) is 0 Å². The summed E-state index contributed by atoms with van der Waals surface area (Å²) in [6.45, 7) is 3.73. The Kier molecular flexibility index (Phi) is 5.11. The van der Waals surface area contributed by atoms with Gasteiger partial charge in [-0.2, -0.15) is 0 Å². The Morgan fingerprint density at radius 1 is 1.17 bits per heavy atom. The zero-order valence-corrected chi connectivity index (χ0v) is 10.9. The molecule has 0 aliphatic rings. The van der Waals surface area contributed by atoms with Gasteiger partial charge in [0.15, 0.2) is 0 Å². The maximum Gasteiger partial charge on any atom is 0.248 e. The van der Waals surface area contributed by atoms with Crippen molar-refractivity contribution >= 4 is 17.5 Å². The van der Waals surface area contributed by atoms with Crippen LogP contribution in [0, 0.1) is 0 Å². The van der Waals surface area contributed by atoms with Crippen LogP contribution in [0.5, 0.6) is 0 Å².